The molecule has 0 bridgehead atoms. The molecule has 1 saturated heterocycles. The molecule has 1 fully saturated rings. The van der Waals surface area contributed by atoms with Crippen LogP contribution in [0.1, 0.15) is 23.3 Å². The number of hydrogen-bond acceptors (Lipinski definition) is 5. The second-order valence-corrected chi connectivity index (χ2v) is 6.53. The average Bonchev–Trinajstić information content (AvgIpc) is 3.37. The Morgan fingerprint density at radius 1 is 1.15 bits per heavy atom. The lowest BCUT2D eigenvalue weighted by Gasteiger charge is -2.16. The quantitative estimate of drug-likeness (QED) is 0.723. The summed E-state index contributed by atoms with van der Waals surface area (Å²) in [5, 5.41) is 3.73. The highest BCUT2D eigenvalue weighted by atomic mass is 16.5. The van der Waals surface area contributed by atoms with Crippen LogP contribution in [0.25, 0.3) is 10.9 Å². The molecule has 0 unspecified atom stereocenters. The molecule has 0 saturated carbocycles. The number of fused-ring (bicyclic) bond motifs is 1. The first-order valence-corrected chi connectivity index (χ1v) is 8.95. The van der Waals surface area contributed by atoms with Crippen LogP contribution in [0.5, 0.6) is 11.5 Å². The molecule has 1 aromatic carbocycles. The molecule has 0 atom stereocenters. The summed E-state index contributed by atoms with van der Waals surface area (Å²) in [4.78, 5) is 22.5. The Hall–Kier alpha value is -3.22. The Balaban J connectivity index is 1.54. The number of nitrogens with zero attached hydrogens (tertiary/aromatic N) is 2. The molecule has 7 heteroatoms. The van der Waals surface area contributed by atoms with Gasteiger partial charge in [-0.3, -0.25) is 4.79 Å². The molecule has 7 nitrogen and oxygen atoms in total. The third kappa shape index (κ3) is 3.40. The van der Waals surface area contributed by atoms with Crippen molar-refractivity contribution in [2.24, 2.45) is 0 Å². The zero-order valence-electron chi connectivity index (χ0n) is 15.4. The zero-order valence-corrected chi connectivity index (χ0v) is 15.4. The Bertz CT molecular complexity index is 959. The van der Waals surface area contributed by atoms with Crippen molar-refractivity contribution in [2.45, 2.75) is 12.8 Å². The van der Waals surface area contributed by atoms with Crippen molar-refractivity contribution < 1.29 is 14.3 Å². The number of H-pyrrole nitrogens is 1. The smallest absolute Gasteiger partial charge is 0.272 e. The summed E-state index contributed by atoms with van der Waals surface area (Å²) in [5.74, 6) is 2.02. The largest absolute Gasteiger partial charge is 0.497 e. The number of hydrogen-bond donors (Lipinski definition) is 2. The van der Waals surface area contributed by atoms with E-state index in [1.54, 1.807) is 32.5 Å². The number of rotatable bonds is 5. The van der Waals surface area contributed by atoms with E-state index in [1.807, 2.05) is 18.2 Å². The van der Waals surface area contributed by atoms with Gasteiger partial charge in [-0.05, 0) is 37.1 Å². The van der Waals surface area contributed by atoms with Gasteiger partial charge in [0.1, 0.15) is 23.0 Å². The van der Waals surface area contributed by atoms with Crippen LogP contribution in [-0.4, -0.2) is 43.2 Å². The minimum atomic E-state index is -0.233. The number of methoxy groups -OCH3 is 2. The molecule has 2 aromatic heterocycles. The number of carbonyl (C=O) groups excluding carboxylic acids is 1. The Morgan fingerprint density at radius 3 is 2.63 bits per heavy atom. The first-order valence-electron chi connectivity index (χ1n) is 8.95. The van der Waals surface area contributed by atoms with Crippen LogP contribution in [0.4, 0.5) is 11.5 Å². The third-order valence-corrected chi connectivity index (χ3v) is 4.80. The summed E-state index contributed by atoms with van der Waals surface area (Å²) in [7, 11) is 3.18. The van der Waals surface area contributed by atoms with E-state index < -0.39 is 0 Å². The number of ether oxygens (including phenoxy) is 2. The third-order valence-electron chi connectivity index (χ3n) is 4.80. The highest BCUT2D eigenvalue weighted by Crippen LogP contribution is 2.31. The minimum absolute atomic E-state index is 0.233. The fraction of sp³-hybridized carbons (Fsp3) is 0.300. The predicted molar refractivity (Wildman–Crippen MR) is 105 cm³/mol. The zero-order chi connectivity index (χ0) is 18.8. The van der Waals surface area contributed by atoms with E-state index in [2.05, 4.69) is 20.2 Å². The summed E-state index contributed by atoms with van der Waals surface area (Å²) in [6.07, 6.45) is 4.10. The van der Waals surface area contributed by atoms with Gasteiger partial charge in [0, 0.05) is 24.5 Å². The van der Waals surface area contributed by atoms with Crippen molar-refractivity contribution in [3.05, 3.63) is 42.2 Å². The van der Waals surface area contributed by atoms with Crippen LogP contribution in [-0.2, 0) is 0 Å². The molecule has 27 heavy (non-hydrogen) atoms. The molecule has 1 aliphatic rings. The summed E-state index contributed by atoms with van der Waals surface area (Å²) in [6.45, 7) is 2.08. The number of aromatic nitrogens is 2. The van der Waals surface area contributed by atoms with Crippen LogP contribution < -0.4 is 19.7 Å². The molecule has 3 heterocycles. The van der Waals surface area contributed by atoms with Crippen molar-refractivity contribution in [2.75, 3.05) is 37.5 Å². The van der Waals surface area contributed by atoms with E-state index in [1.165, 1.54) is 12.8 Å². The molecule has 140 valence electrons. The van der Waals surface area contributed by atoms with Gasteiger partial charge in [0.2, 0.25) is 0 Å². The second-order valence-electron chi connectivity index (χ2n) is 6.53. The van der Waals surface area contributed by atoms with Crippen LogP contribution in [0.3, 0.4) is 0 Å². The molecular formula is C20H22N4O3. The fourth-order valence-corrected chi connectivity index (χ4v) is 3.38. The predicted octanol–water partition coefficient (Wildman–Crippen LogP) is 3.43. The van der Waals surface area contributed by atoms with E-state index >= 15 is 0 Å². The van der Waals surface area contributed by atoms with E-state index in [4.69, 9.17) is 9.47 Å². The van der Waals surface area contributed by atoms with E-state index in [0.29, 0.717) is 22.9 Å². The van der Waals surface area contributed by atoms with Gasteiger partial charge in [-0.1, -0.05) is 0 Å². The maximum atomic E-state index is 12.6. The number of nitrogens with one attached hydrogen (secondary N) is 2. The lowest BCUT2D eigenvalue weighted by molar-refractivity contribution is 0.102. The topological polar surface area (TPSA) is 79.5 Å². The van der Waals surface area contributed by atoms with Gasteiger partial charge in [0.05, 0.1) is 31.6 Å². The lowest BCUT2D eigenvalue weighted by atomic mass is 10.2. The molecular weight excluding hydrogens is 344 g/mol. The standard InChI is InChI=1S/C20H22N4O3/c1-26-15-9-13-10-16(23-19(13)17(11-15)27-2)20(25)22-14-5-6-18(21-12-14)24-7-3-4-8-24/h5-6,9-12,23H,3-4,7-8H2,1-2H3,(H,22,25). The molecule has 4 rings (SSSR count). The maximum Gasteiger partial charge on any atom is 0.272 e. The monoisotopic (exact) mass is 366 g/mol. The molecule has 0 spiro atoms. The normalized spacial score (nSPS) is 13.8. The van der Waals surface area contributed by atoms with Gasteiger partial charge in [-0.25, -0.2) is 4.98 Å². The Kier molecular flexibility index (Phi) is 4.58. The number of amides is 1. The van der Waals surface area contributed by atoms with Crippen molar-refractivity contribution in [1.82, 2.24) is 9.97 Å². The van der Waals surface area contributed by atoms with Crippen LogP contribution >= 0.6 is 0 Å². The van der Waals surface area contributed by atoms with Crippen LogP contribution in [0, 0.1) is 0 Å². The maximum absolute atomic E-state index is 12.6. The molecule has 1 amide bonds. The molecule has 2 N–H and O–H groups in total. The van der Waals surface area contributed by atoms with Crippen molar-refractivity contribution in [3.8, 4) is 11.5 Å². The summed E-state index contributed by atoms with van der Waals surface area (Å²) in [6, 6.07) is 9.24. The number of carbonyl (C=O) groups is 1. The second kappa shape index (κ2) is 7.19. The molecule has 0 radical (unpaired) electrons. The van der Waals surface area contributed by atoms with Crippen LogP contribution in [0.2, 0.25) is 0 Å². The van der Waals surface area contributed by atoms with E-state index in [0.717, 1.165) is 29.8 Å². The van der Waals surface area contributed by atoms with Crippen molar-refractivity contribution in [1.29, 1.82) is 0 Å². The van der Waals surface area contributed by atoms with Gasteiger partial charge in [-0.2, -0.15) is 0 Å². The van der Waals surface area contributed by atoms with E-state index in [9.17, 15) is 4.79 Å². The molecule has 1 aliphatic heterocycles. The fourth-order valence-electron chi connectivity index (χ4n) is 3.38. The van der Waals surface area contributed by atoms with Gasteiger partial charge in [0.25, 0.3) is 5.91 Å². The lowest BCUT2D eigenvalue weighted by Crippen LogP contribution is -2.19. The Morgan fingerprint density at radius 2 is 1.96 bits per heavy atom. The first-order chi connectivity index (χ1) is 13.2. The number of anilines is 2. The van der Waals surface area contributed by atoms with Gasteiger partial charge < -0.3 is 24.7 Å². The number of benzene rings is 1. The van der Waals surface area contributed by atoms with Crippen molar-refractivity contribution >= 4 is 28.3 Å². The minimum Gasteiger partial charge on any atom is -0.497 e. The van der Waals surface area contributed by atoms with Gasteiger partial charge >= 0.3 is 0 Å². The summed E-state index contributed by atoms with van der Waals surface area (Å²) < 4.78 is 10.7. The van der Waals surface area contributed by atoms with E-state index in [-0.39, 0.29) is 5.91 Å². The van der Waals surface area contributed by atoms with Crippen molar-refractivity contribution in [3.63, 3.8) is 0 Å². The average molecular weight is 366 g/mol. The summed E-state index contributed by atoms with van der Waals surface area (Å²) in [5.41, 5.74) is 1.86. The Labute approximate surface area is 157 Å². The highest BCUT2D eigenvalue weighted by Gasteiger charge is 2.16. The van der Waals surface area contributed by atoms with Gasteiger partial charge in [0.15, 0.2) is 0 Å². The van der Waals surface area contributed by atoms with Gasteiger partial charge in [-0.15, -0.1) is 0 Å². The summed E-state index contributed by atoms with van der Waals surface area (Å²) >= 11 is 0. The molecule has 3 aromatic rings. The number of aromatic amines is 1. The SMILES string of the molecule is COc1cc(OC)c2[nH]c(C(=O)Nc3ccc(N4CCCC4)nc3)cc2c1. The molecule has 0 aliphatic carbocycles. The van der Waals surface area contributed by atoms with Crippen LogP contribution in [0.15, 0.2) is 36.5 Å². The number of pyridine rings is 1. The first kappa shape index (κ1) is 17.2. The highest BCUT2D eigenvalue weighted by molar-refractivity contribution is 6.06.